The van der Waals surface area contributed by atoms with Crippen molar-refractivity contribution in [1.29, 1.82) is 0 Å². The average molecular weight is 291 g/mol. The van der Waals surface area contributed by atoms with Crippen molar-refractivity contribution in [3.05, 3.63) is 45.9 Å². The van der Waals surface area contributed by atoms with Crippen LogP contribution in [0.5, 0.6) is 5.75 Å². The molecular weight excluding hydrogens is 270 g/mol. The molecule has 0 amide bonds. The molecule has 2 aromatic rings. The number of ether oxygens (including phenoxy) is 1. The second kappa shape index (κ2) is 6.86. The summed E-state index contributed by atoms with van der Waals surface area (Å²) in [6.45, 7) is 6.67. The minimum atomic E-state index is -0.479. The van der Waals surface area contributed by atoms with E-state index in [4.69, 9.17) is 4.74 Å². The summed E-state index contributed by atoms with van der Waals surface area (Å²) < 4.78 is 5.82. The summed E-state index contributed by atoms with van der Waals surface area (Å²) in [5.41, 5.74) is 1.79. The maximum Gasteiger partial charge on any atom is 0.131 e. The van der Waals surface area contributed by atoms with Gasteiger partial charge in [-0.3, -0.25) is 0 Å². The highest BCUT2D eigenvalue weighted by atomic mass is 32.1. The van der Waals surface area contributed by atoms with Crippen molar-refractivity contribution in [2.75, 3.05) is 0 Å². The van der Waals surface area contributed by atoms with E-state index in [1.165, 1.54) is 0 Å². The molecule has 1 aromatic carbocycles. The van der Waals surface area contributed by atoms with Gasteiger partial charge in [0.05, 0.1) is 16.8 Å². The second-order valence-electron chi connectivity index (χ2n) is 5.08. The summed E-state index contributed by atoms with van der Waals surface area (Å²) >= 11 is 1.67. The number of thiazole rings is 1. The van der Waals surface area contributed by atoms with Crippen LogP contribution in [0.1, 0.15) is 55.5 Å². The van der Waals surface area contributed by atoms with Crippen molar-refractivity contribution in [2.24, 2.45) is 0 Å². The summed E-state index contributed by atoms with van der Waals surface area (Å²) in [7, 11) is 0. The third kappa shape index (κ3) is 3.58. The topological polar surface area (TPSA) is 42.4 Å². The molecule has 0 radical (unpaired) electrons. The van der Waals surface area contributed by atoms with Crippen molar-refractivity contribution in [3.8, 4) is 5.75 Å². The third-order valence-corrected chi connectivity index (χ3v) is 4.30. The van der Waals surface area contributed by atoms with Gasteiger partial charge in [0.2, 0.25) is 0 Å². The fourth-order valence-electron chi connectivity index (χ4n) is 1.91. The minimum absolute atomic E-state index is 0.441. The molecule has 0 saturated carbocycles. The molecule has 1 aromatic heterocycles. The fourth-order valence-corrected chi connectivity index (χ4v) is 2.73. The lowest BCUT2D eigenvalue weighted by atomic mass is 10.1. The van der Waals surface area contributed by atoms with Crippen LogP contribution in [0.2, 0.25) is 0 Å². The fraction of sp³-hybridized carbons (Fsp3) is 0.438. The molecule has 2 rings (SSSR count). The minimum Gasteiger partial charge on any atom is -0.487 e. The Morgan fingerprint density at radius 1 is 1.30 bits per heavy atom. The number of hydrogen-bond acceptors (Lipinski definition) is 4. The van der Waals surface area contributed by atoms with Crippen LogP contribution in [-0.2, 0) is 6.61 Å². The molecule has 0 aliphatic carbocycles. The van der Waals surface area contributed by atoms with E-state index < -0.39 is 6.10 Å². The quantitative estimate of drug-likeness (QED) is 0.863. The van der Waals surface area contributed by atoms with Crippen LogP contribution >= 0.6 is 11.3 Å². The van der Waals surface area contributed by atoms with Crippen LogP contribution in [0.15, 0.2) is 29.6 Å². The van der Waals surface area contributed by atoms with E-state index in [-0.39, 0.29) is 0 Å². The normalized spacial score (nSPS) is 12.7. The number of benzene rings is 1. The molecule has 4 heteroatoms. The number of hydrogen-bond donors (Lipinski definition) is 1. The summed E-state index contributed by atoms with van der Waals surface area (Å²) in [4.78, 5) is 4.55. The lowest BCUT2D eigenvalue weighted by molar-refractivity contribution is 0.166. The number of aromatic nitrogens is 1. The number of rotatable bonds is 6. The molecule has 0 unspecified atom stereocenters. The highest BCUT2D eigenvalue weighted by Gasteiger charge is 2.12. The van der Waals surface area contributed by atoms with Crippen molar-refractivity contribution >= 4 is 11.3 Å². The number of aliphatic hydroxyl groups excluding tert-OH is 1. The Hall–Kier alpha value is -1.39. The monoisotopic (exact) mass is 291 g/mol. The van der Waals surface area contributed by atoms with Gasteiger partial charge in [-0.25, -0.2) is 4.98 Å². The van der Waals surface area contributed by atoms with E-state index in [0.717, 1.165) is 22.0 Å². The Morgan fingerprint density at radius 3 is 2.70 bits per heavy atom. The molecule has 0 saturated heterocycles. The van der Waals surface area contributed by atoms with Gasteiger partial charge in [0, 0.05) is 16.9 Å². The van der Waals surface area contributed by atoms with Crippen molar-refractivity contribution in [3.63, 3.8) is 0 Å². The highest BCUT2D eigenvalue weighted by Crippen LogP contribution is 2.28. The Bertz CT molecular complexity index is 551. The first-order valence-corrected chi connectivity index (χ1v) is 7.83. The lowest BCUT2D eigenvalue weighted by Crippen LogP contribution is -2.02. The standard InChI is InChI=1S/C16H21NO2S/c1-4-14(18)13-7-5-6-8-15(13)19-9-12-10-20-16(17-12)11(2)3/h5-8,10-11,14,18H,4,9H2,1-3H3/t14-/m0/s1. The van der Waals surface area contributed by atoms with Crippen LogP contribution in [0, 0.1) is 0 Å². The first-order valence-electron chi connectivity index (χ1n) is 6.96. The summed E-state index contributed by atoms with van der Waals surface area (Å²) in [6, 6.07) is 7.64. The third-order valence-electron chi connectivity index (χ3n) is 3.10. The summed E-state index contributed by atoms with van der Waals surface area (Å²) in [6.07, 6.45) is 0.196. The molecule has 108 valence electrons. The van der Waals surface area contributed by atoms with Crippen LogP contribution in [0.3, 0.4) is 0 Å². The van der Waals surface area contributed by atoms with E-state index in [9.17, 15) is 5.11 Å². The first-order chi connectivity index (χ1) is 9.61. The summed E-state index contributed by atoms with van der Waals surface area (Å²) in [5.74, 6) is 1.18. The first kappa shape index (κ1) is 15.0. The lowest BCUT2D eigenvalue weighted by Gasteiger charge is -2.14. The van der Waals surface area contributed by atoms with Crippen LogP contribution in [0.25, 0.3) is 0 Å². The Morgan fingerprint density at radius 2 is 2.05 bits per heavy atom. The molecule has 1 atom stereocenters. The van der Waals surface area contributed by atoms with Gasteiger partial charge in [0.1, 0.15) is 12.4 Å². The number of para-hydroxylation sites is 1. The van der Waals surface area contributed by atoms with E-state index in [2.05, 4.69) is 18.8 Å². The largest absolute Gasteiger partial charge is 0.487 e. The second-order valence-corrected chi connectivity index (χ2v) is 5.97. The smallest absolute Gasteiger partial charge is 0.131 e. The van der Waals surface area contributed by atoms with E-state index in [0.29, 0.717) is 18.9 Å². The van der Waals surface area contributed by atoms with Gasteiger partial charge in [-0.15, -0.1) is 11.3 Å². The zero-order valence-electron chi connectivity index (χ0n) is 12.2. The molecule has 0 aliphatic rings. The molecule has 1 N–H and O–H groups in total. The Balaban J connectivity index is 2.06. The Labute approximate surface area is 124 Å². The Kier molecular flexibility index (Phi) is 5.15. The van der Waals surface area contributed by atoms with Crippen LogP contribution in [-0.4, -0.2) is 10.1 Å². The van der Waals surface area contributed by atoms with Gasteiger partial charge in [-0.2, -0.15) is 0 Å². The van der Waals surface area contributed by atoms with Gasteiger partial charge >= 0.3 is 0 Å². The van der Waals surface area contributed by atoms with Gasteiger partial charge in [-0.05, 0) is 12.5 Å². The predicted octanol–water partition coefficient (Wildman–Crippen LogP) is 4.29. The molecule has 20 heavy (non-hydrogen) atoms. The zero-order chi connectivity index (χ0) is 14.5. The van der Waals surface area contributed by atoms with Gasteiger partial charge < -0.3 is 9.84 Å². The number of aliphatic hydroxyl groups is 1. The zero-order valence-corrected chi connectivity index (χ0v) is 13.0. The highest BCUT2D eigenvalue weighted by molar-refractivity contribution is 7.09. The van der Waals surface area contributed by atoms with Crippen LogP contribution in [0.4, 0.5) is 0 Å². The van der Waals surface area contributed by atoms with Gasteiger partial charge in [0.25, 0.3) is 0 Å². The summed E-state index contributed by atoms with van der Waals surface area (Å²) in [5, 5.41) is 13.2. The predicted molar refractivity (Wildman–Crippen MR) is 82.2 cm³/mol. The number of nitrogens with zero attached hydrogens (tertiary/aromatic N) is 1. The SMILES string of the molecule is CC[C@H](O)c1ccccc1OCc1csc(C(C)C)n1. The van der Waals surface area contributed by atoms with Crippen molar-refractivity contribution in [1.82, 2.24) is 4.98 Å². The van der Waals surface area contributed by atoms with Crippen molar-refractivity contribution < 1.29 is 9.84 Å². The van der Waals surface area contributed by atoms with Gasteiger partial charge in [-0.1, -0.05) is 39.0 Å². The molecule has 0 spiro atoms. The molecule has 1 heterocycles. The maximum atomic E-state index is 9.99. The van der Waals surface area contributed by atoms with E-state index in [1.807, 2.05) is 36.6 Å². The average Bonchev–Trinajstić information content (AvgIpc) is 2.93. The van der Waals surface area contributed by atoms with Gasteiger partial charge in [0.15, 0.2) is 0 Å². The molecule has 0 bridgehead atoms. The van der Waals surface area contributed by atoms with E-state index in [1.54, 1.807) is 11.3 Å². The molecule has 3 nitrogen and oxygen atoms in total. The van der Waals surface area contributed by atoms with Crippen molar-refractivity contribution in [2.45, 2.75) is 45.8 Å². The molecular formula is C16H21NO2S. The van der Waals surface area contributed by atoms with E-state index >= 15 is 0 Å². The van der Waals surface area contributed by atoms with Crippen LogP contribution < -0.4 is 4.74 Å². The molecule has 0 fully saturated rings. The molecule has 0 aliphatic heterocycles. The maximum absolute atomic E-state index is 9.99.